The second-order valence-corrected chi connectivity index (χ2v) is 6.07. The summed E-state index contributed by atoms with van der Waals surface area (Å²) in [5.74, 6) is 1.29. The van der Waals surface area contributed by atoms with Crippen molar-refractivity contribution in [2.75, 3.05) is 7.11 Å². The Bertz CT molecular complexity index is 892. The van der Waals surface area contributed by atoms with E-state index < -0.39 is 0 Å². The summed E-state index contributed by atoms with van der Waals surface area (Å²) in [4.78, 5) is 4.42. The Morgan fingerprint density at radius 1 is 1.19 bits per heavy atom. The van der Waals surface area contributed by atoms with Gasteiger partial charge in [0.2, 0.25) is 5.88 Å². The van der Waals surface area contributed by atoms with Crippen LogP contribution in [0.25, 0.3) is 0 Å². The predicted octanol–water partition coefficient (Wildman–Crippen LogP) is 2.42. The number of rotatable bonds is 7. The van der Waals surface area contributed by atoms with Crippen LogP contribution in [0.4, 0.5) is 0 Å². The zero-order chi connectivity index (χ0) is 18.5. The summed E-state index contributed by atoms with van der Waals surface area (Å²) in [6.45, 7) is 4.78. The van der Waals surface area contributed by atoms with Gasteiger partial charge >= 0.3 is 0 Å². The van der Waals surface area contributed by atoms with Gasteiger partial charge in [-0.3, -0.25) is 0 Å². The van der Waals surface area contributed by atoms with Gasteiger partial charge < -0.3 is 14.6 Å². The van der Waals surface area contributed by atoms with Crippen LogP contribution in [0.5, 0.6) is 11.6 Å². The molecule has 26 heavy (non-hydrogen) atoms. The number of ether oxygens (including phenoxy) is 2. The van der Waals surface area contributed by atoms with E-state index in [1.807, 2.05) is 44.3 Å². The first-order valence-corrected chi connectivity index (χ1v) is 8.31. The third kappa shape index (κ3) is 4.18. The first kappa shape index (κ1) is 17.9. The predicted molar refractivity (Wildman–Crippen MR) is 96.1 cm³/mol. The number of aliphatic hydroxyl groups excluding tert-OH is 1. The molecule has 0 aliphatic carbocycles. The van der Waals surface area contributed by atoms with Crippen LogP contribution in [0.2, 0.25) is 0 Å². The lowest BCUT2D eigenvalue weighted by Gasteiger charge is -2.11. The highest BCUT2D eigenvalue weighted by Crippen LogP contribution is 2.21. The van der Waals surface area contributed by atoms with Gasteiger partial charge in [-0.05, 0) is 43.2 Å². The zero-order valence-corrected chi connectivity index (χ0v) is 15.1. The minimum atomic E-state index is -0.0147. The van der Waals surface area contributed by atoms with Gasteiger partial charge in [0.25, 0.3) is 0 Å². The lowest BCUT2D eigenvalue weighted by molar-refractivity contribution is 0.277. The number of hydrogen-bond donors (Lipinski definition) is 1. The third-order valence-corrected chi connectivity index (χ3v) is 4.00. The number of nitrogens with zero attached hydrogens (tertiary/aromatic N) is 4. The molecule has 0 fully saturated rings. The molecule has 0 radical (unpaired) electrons. The number of aliphatic hydroxyl groups is 1. The molecule has 2 heterocycles. The molecule has 0 saturated heterocycles. The number of benzene rings is 1. The molecule has 7 nitrogen and oxygen atoms in total. The van der Waals surface area contributed by atoms with E-state index in [-0.39, 0.29) is 6.61 Å². The standard InChI is InChI=1S/C19H22N4O3/c1-13-7-14(2)20-19(25-3)18(13)10-23-9-16(21-22-23)12-26-17-6-4-5-15(8-17)11-24/h4-9,24H,10-12H2,1-3H3. The van der Waals surface area contributed by atoms with Gasteiger partial charge in [-0.2, -0.15) is 0 Å². The molecule has 7 heteroatoms. The van der Waals surface area contributed by atoms with E-state index in [0.717, 1.165) is 28.1 Å². The van der Waals surface area contributed by atoms with Crippen molar-refractivity contribution in [3.63, 3.8) is 0 Å². The lowest BCUT2D eigenvalue weighted by Crippen LogP contribution is -2.06. The maximum atomic E-state index is 9.18. The first-order valence-electron chi connectivity index (χ1n) is 8.31. The average Bonchev–Trinajstić information content (AvgIpc) is 3.09. The second kappa shape index (κ2) is 7.97. The van der Waals surface area contributed by atoms with Gasteiger partial charge in [0.15, 0.2) is 0 Å². The number of aromatic nitrogens is 4. The minimum absolute atomic E-state index is 0.0147. The molecule has 0 amide bonds. The zero-order valence-electron chi connectivity index (χ0n) is 15.1. The second-order valence-electron chi connectivity index (χ2n) is 6.07. The van der Waals surface area contributed by atoms with E-state index >= 15 is 0 Å². The van der Waals surface area contributed by atoms with Crippen LogP contribution in [-0.2, 0) is 19.8 Å². The fourth-order valence-corrected chi connectivity index (χ4v) is 2.73. The van der Waals surface area contributed by atoms with Crippen molar-refractivity contribution < 1.29 is 14.6 Å². The van der Waals surface area contributed by atoms with Crippen LogP contribution in [-0.4, -0.2) is 32.2 Å². The van der Waals surface area contributed by atoms with Gasteiger partial charge in [-0.25, -0.2) is 9.67 Å². The highest BCUT2D eigenvalue weighted by Gasteiger charge is 2.12. The Balaban J connectivity index is 1.69. The van der Waals surface area contributed by atoms with Crippen LogP contribution in [0.15, 0.2) is 36.5 Å². The molecule has 0 atom stereocenters. The number of methoxy groups -OCH3 is 1. The van der Waals surface area contributed by atoms with Crippen molar-refractivity contribution in [2.24, 2.45) is 0 Å². The van der Waals surface area contributed by atoms with Crippen LogP contribution >= 0.6 is 0 Å². The van der Waals surface area contributed by atoms with Gasteiger partial charge in [0.05, 0.1) is 26.5 Å². The van der Waals surface area contributed by atoms with Gasteiger partial charge in [-0.15, -0.1) is 5.10 Å². The smallest absolute Gasteiger partial charge is 0.218 e. The molecule has 136 valence electrons. The van der Waals surface area contributed by atoms with E-state index in [2.05, 4.69) is 15.3 Å². The van der Waals surface area contributed by atoms with Crippen LogP contribution in [0.3, 0.4) is 0 Å². The van der Waals surface area contributed by atoms with Crippen molar-refractivity contribution in [3.8, 4) is 11.6 Å². The van der Waals surface area contributed by atoms with Crippen LogP contribution < -0.4 is 9.47 Å². The summed E-state index contributed by atoms with van der Waals surface area (Å²) in [6, 6.07) is 9.35. The maximum absolute atomic E-state index is 9.18. The normalized spacial score (nSPS) is 10.8. The SMILES string of the molecule is COc1nc(C)cc(C)c1Cn1cc(COc2cccc(CO)c2)nn1. The molecule has 2 aromatic heterocycles. The quantitative estimate of drug-likeness (QED) is 0.702. The molecule has 3 rings (SSSR count). The lowest BCUT2D eigenvalue weighted by atomic mass is 10.1. The summed E-state index contributed by atoms with van der Waals surface area (Å²) in [7, 11) is 1.62. The van der Waals surface area contributed by atoms with Crippen molar-refractivity contribution in [1.29, 1.82) is 0 Å². The minimum Gasteiger partial charge on any atom is -0.487 e. The first-order chi connectivity index (χ1) is 12.6. The molecule has 0 spiro atoms. The molecule has 1 N–H and O–H groups in total. The Hall–Kier alpha value is -2.93. The molecule has 0 unspecified atom stereocenters. The third-order valence-electron chi connectivity index (χ3n) is 4.00. The Kier molecular flexibility index (Phi) is 5.48. The van der Waals surface area contributed by atoms with E-state index in [1.165, 1.54) is 0 Å². The molecule has 0 bridgehead atoms. The monoisotopic (exact) mass is 354 g/mol. The summed E-state index contributed by atoms with van der Waals surface area (Å²) in [5.41, 5.74) is 4.52. The van der Waals surface area contributed by atoms with Crippen LogP contribution in [0, 0.1) is 13.8 Å². The largest absolute Gasteiger partial charge is 0.487 e. The summed E-state index contributed by atoms with van der Waals surface area (Å²) in [6.07, 6.45) is 1.84. The number of aryl methyl sites for hydroxylation is 2. The van der Waals surface area contributed by atoms with Gasteiger partial charge in [-0.1, -0.05) is 17.3 Å². The van der Waals surface area contributed by atoms with Crippen LogP contribution in [0.1, 0.15) is 28.1 Å². The molecule has 0 saturated carbocycles. The fourth-order valence-electron chi connectivity index (χ4n) is 2.73. The Morgan fingerprint density at radius 2 is 2.04 bits per heavy atom. The van der Waals surface area contributed by atoms with Crippen molar-refractivity contribution in [2.45, 2.75) is 33.6 Å². The average molecular weight is 354 g/mol. The summed E-state index contributed by atoms with van der Waals surface area (Å²) < 4.78 is 12.9. The van der Waals surface area contributed by atoms with Crippen molar-refractivity contribution in [1.82, 2.24) is 20.0 Å². The summed E-state index contributed by atoms with van der Waals surface area (Å²) in [5, 5.41) is 17.5. The molecular weight excluding hydrogens is 332 g/mol. The van der Waals surface area contributed by atoms with Crippen molar-refractivity contribution in [3.05, 3.63) is 64.6 Å². The molecule has 0 aliphatic heterocycles. The fraction of sp³-hybridized carbons (Fsp3) is 0.316. The van der Waals surface area contributed by atoms with E-state index in [0.29, 0.717) is 24.8 Å². The highest BCUT2D eigenvalue weighted by molar-refractivity contribution is 5.36. The maximum Gasteiger partial charge on any atom is 0.218 e. The molecule has 0 aliphatic rings. The molecular formula is C19H22N4O3. The molecule has 1 aromatic carbocycles. The Morgan fingerprint density at radius 3 is 2.81 bits per heavy atom. The van der Waals surface area contributed by atoms with Crippen molar-refractivity contribution >= 4 is 0 Å². The van der Waals surface area contributed by atoms with E-state index in [1.54, 1.807) is 17.9 Å². The summed E-state index contributed by atoms with van der Waals surface area (Å²) >= 11 is 0. The topological polar surface area (TPSA) is 82.3 Å². The number of hydrogen-bond acceptors (Lipinski definition) is 6. The van der Waals surface area contributed by atoms with E-state index in [4.69, 9.17) is 9.47 Å². The van der Waals surface area contributed by atoms with Gasteiger partial charge in [0, 0.05) is 11.3 Å². The highest BCUT2D eigenvalue weighted by atomic mass is 16.5. The number of pyridine rings is 1. The van der Waals surface area contributed by atoms with Gasteiger partial charge in [0.1, 0.15) is 18.1 Å². The van der Waals surface area contributed by atoms with E-state index in [9.17, 15) is 5.11 Å². The molecule has 3 aromatic rings. The Labute approximate surface area is 152 Å².